The Morgan fingerprint density at radius 3 is 2.93 bits per heavy atom. The number of rotatable bonds is 8. The van der Waals surface area contributed by atoms with E-state index in [2.05, 4.69) is 10.3 Å². The van der Waals surface area contributed by atoms with Crippen molar-refractivity contribution in [3.63, 3.8) is 0 Å². The lowest BCUT2D eigenvalue weighted by molar-refractivity contribution is 0.0659. The Hall–Kier alpha value is -3.19. The Labute approximate surface area is 169 Å². The number of anilines is 1. The SMILES string of the molecule is N=C/C=C\Nc1ccc(CN2Cc3nccc(OCC4CCCO4)c3C2=O)cc1. The molecular formula is C22H24N4O3. The van der Waals surface area contributed by atoms with Gasteiger partial charge in [-0.15, -0.1) is 0 Å². The van der Waals surface area contributed by atoms with E-state index in [0.29, 0.717) is 31.0 Å². The molecule has 1 fully saturated rings. The minimum atomic E-state index is -0.0495. The van der Waals surface area contributed by atoms with Crippen LogP contribution in [0.2, 0.25) is 0 Å². The number of nitrogens with zero attached hydrogens (tertiary/aromatic N) is 2. The molecule has 2 aliphatic rings. The molecule has 4 rings (SSSR count). The molecule has 1 aromatic carbocycles. The number of aromatic nitrogens is 1. The molecule has 2 aliphatic heterocycles. The highest BCUT2D eigenvalue weighted by Gasteiger charge is 2.32. The molecule has 1 atom stereocenters. The molecule has 7 nitrogen and oxygen atoms in total. The van der Waals surface area contributed by atoms with Gasteiger partial charge >= 0.3 is 0 Å². The standard InChI is InChI=1S/C22H24N4O3/c23-9-2-10-24-17-6-4-16(5-7-17)13-26-14-19-21(22(26)27)20(8-11-25-19)29-15-18-3-1-12-28-18/h2,4-11,18,23-24H,1,3,12-15H2/b10-2-,23-9?. The summed E-state index contributed by atoms with van der Waals surface area (Å²) in [6.07, 6.45) is 8.38. The number of nitrogens with one attached hydrogen (secondary N) is 2. The highest BCUT2D eigenvalue weighted by Crippen LogP contribution is 2.31. The molecule has 0 saturated carbocycles. The van der Waals surface area contributed by atoms with Crippen LogP contribution < -0.4 is 10.1 Å². The molecule has 1 saturated heterocycles. The van der Waals surface area contributed by atoms with E-state index < -0.39 is 0 Å². The molecule has 0 radical (unpaired) electrons. The van der Waals surface area contributed by atoms with Crippen molar-refractivity contribution in [3.05, 3.63) is 65.6 Å². The third-order valence-electron chi connectivity index (χ3n) is 5.05. The van der Waals surface area contributed by atoms with Crippen molar-refractivity contribution in [2.24, 2.45) is 0 Å². The van der Waals surface area contributed by atoms with Crippen LogP contribution in [-0.2, 0) is 17.8 Å². The van der Waals surface area contributed by atoms with Gasteiger partial charge in [0.2, 0.25) is 0 Å². The second kappa shape index (κ2) is 8.87. The lowest BCUT2D eigenvalue weighted by atomic mass is 10.2. The maximum atomic E-state index is 13.0. The van der Waals surface area contributed by atoms with Crippen molar-refractivity contribution in [1.29, 1.82) is 5.41 Å². The van der Waals surface area contributed by atoms with E-state index in [1.165, 1.54) is 6.21 Å². The molecule has 2 aromatic rings. The number of benzene rings is 1. The molecule has 1 amide bonds. The minimum Gasteiger partial charge on any atom is -0.490 e. The molecule has 1 aromatic heterocycles. The minimum absolute atomic E-state index is 0.0495. The zero-order valence-corrected chi connectivity index (χ0v) is 16.1. The van der Waals surface area contributed by atoms with E-state index in [0.717, 1.165) is 36.4 Å². The van der Waals surface area contributed by atoms with Crippen molar-refractivity contribution < 1.29 is 14.3 Å². The van der Waals surface area contributed by atoms with Gasteiger partial charge in [0.05, 0.1) is 18.3 Å². The third kappa shape index (κ3) is 4.46. The smallest absolute Gasteiger partial charge is 0.260 e. The highest BCUT2D eigenvalue weighted by molar-refractivity contribution is 6.00. The average molecular weight is 392 g/mol. The van der Waals surface area contributed by atoms with Gasteiger partial charge in [-0.1, -0.05) is 12.1 Å². The Balaban J connectivity index is 1.41. The zero-order valence-electron chi connectivity index (χ0n) is 16.1. The van der Waals surface area contributed by atoms with Crippen LogP contribution in [0.4, 0.5) is 5.69 Å². The summed E-state index contributed by atoms with van der Waals surface area (Å²) >= 11 is 0. The number of hydrogen-bond acceptors (Lipinski definition) is 6. The van der Waals surface area contributed by atoms with Gasteiger partial charge in [-0.2, -0.15) is 0 Å². The van der Waals surface area contributed by atoms with Crippen LogP contribution in [0.5, 0.6) is 5.75 Å². The van der Waals surface area contributed by atoms with Gasteiger partial charge in [-0.05, 0) is 42.7 Å². The summed E-state index contributed by atoms with van der Waals surface area (Å²) in [5, 5.41) is 10.1. The number of amides is 1. The van der Waals surface area contributed by atoms with E-state index in [1.54, 1.807) is 29.4 Å². The Kier molecular flexibility index (Phi) is 5.86. The van der Waals surface area contributed by atoms with Gasteiger partial charge in [-0.3, -0.25) is 9.78 Å². The van der Waals surface area contributed by atoms with Crippen molar-refractivity contribution in [1.82, 2.24) is 9.88 Å². The summed E-state index contributed by atoms with van der Waals surface area (Å²) in [4.78, 5) is 19.2. The van der Waals surface area contributed by atoms with Gasteiger partial charge in [0.15, 0.2) is 0 Å². The number of pyridine rings is 1. The fourth-order valence-electron chi connectivity index (χ4n) is 3.57. The molecule has 3 heterocycles. The first-order chi connectivity index (χ1) is 14.2. The molecule has 0 aliphatic carbocycles. The quantitative estimate of drug-likeness (QED) is 0.673. The maximum absolute atomic E-state index is 13.0. The normalized spacial score (nSPS) is 18.3. The molecular weight excluding hydrogens is 368 g/mol. The zero-order chi connectivity index (χ0) is 20.1. The third-order valence-corrected chi connectivity index (χ3v) is 5.05. The summed E-state index contributed by atoms with van der Waals surface area (Å²) in [7, 11) is 0. The fourth-order valence-corrected chi connectivity index (χ4v) is 3.57. The summed E-state index contributed by atoms with van der Waals surface area (Å²) in [5.74, 6) is 0.544. The molecule has 1 unspecified atom stereocenters. The van der Waals surface area contributed by atoms with Crippen LogP contribution in [0.15, 0.2) is 48.8 Å². The van der Waals surface area contributed by atoms with E-state index in [-0.39, 0.29) is 12.0 Å². The average Bonchev–Trinajstić information content (AvgIpc) is 3.37. The Morgan fingerprint density at radius 2 is 2.17 bits per heavy atom. The monoisotopic (exact) mass is 392 g/mol. The van der Waals surface area contributed by atoms with Crippen LogP contribution in [0.25, 0.3) is 0 Å². The second-order valence-corrected chi connectivity index (χ2v) is 7.11. The number of fused-ring (bicyclic) bond motifs is 1. The van der Waals surface area contributed by atoms with Crippen LogP contribution in [-0.4, -0.2) is 41.3 Å². The predicted octanol–water partition coefficient (Wildman–Crippen LogP) is 3.37. The molecule has 150 valence electrons. The summed E-state index contributed by atoms with van der Waals surface area (Å²) < 4.78 is 11.5. The van der Waals surface area contributed by atoms with E-state index in [4.69, 9.17) is 14.9 Å². The van der Waals surface area contributed by atoms with Gasteiger partial charge in [0, 0.05) is 37.5 Å². The van der Waals surface area contributed by atoms with E-state index in [9.17, 15) is 4.79 Å². The Bertz CT molecular complexity index is 905. The van der Waals surface area contributed by atoms with Gasteiger partial charge in [0.25, 0.3) is 5.91 Å². The number of allylic oxidation sites excluding steroid dienone is 1. The number of carbonyl (C=O) groups excluding carboxylic acids is 1. The highest BCUT2D eigenvalue weighted by atomic mass is 16.5. The molecule has 2 N–H and O–H groups in total. The Morgan fingerprint density at radius 1 is 1.31 bits per heavy atom. The maximum Gasteiger partial charge on any atom is 0.260 e. The first-order valence-electron chi connectivity index (χ1n) is 9.77. The second-order valence-electron chi connectivity index (χ2n) is 7.11. The number of hydrogen-bond donors (Lipinski definition) is 2. The topological polar surface area (TPSA) is 87.5 Å². The number of carbonyl (C=O) groups is 1. The first kappa shape index (κ1) is 19.1. The molecule has 7 heteroatoms. The van der Waals surface area contributed by atoms with Crippen molar-refractivity contribution in [2.45, 2.75) is 32.0 Å². The lowest BCUT2D eigenvalue weighted by Gasteiger charge is -2.16. The summed E-state index contributed by atoms with van der Waals surface area (Å²) in [6.45, 7) is 2.23. The first-order valence-corrected chi connectivity index (χ1v) is 9.77. The van der Waals surface area contributed by atoms with Crippen molar-refractivity contribution in [2.75, 3.05) is 18.5 Å². The number of ether oxygens (including phenoxy) is 2. The van der Waals surface area contributed by atoms with Crippen LogP contribution in [0.3, 0.4) is 0 Å². The predicted molar refractivity (Wildman–Crippen MR) is 110 cm³/mol. The summed E-state index contributed by atoms with van der Waals surface area (Å²) in [5.41, 5.74) is 3.29. The molecule has 0 bridgehead atoms. The van der Waals surface area contributed by atoms with Crippen LogP contribution in [0.1, 0.15) is 34.5 Å². The molecule has 0 spiro atoms. The van der Waals surface area contributed by atoms with Gasteiger partial charge in [0.1, 0.15) is 17.9 Å². The van der Waals surface area contributed by atoms with Crippen molar-refractivity contribution >= 4 is 17.8 Å². The van der Waals surface area contributed by atoms with Gasteiger partial charge in [-0.25, -0.2) is 0 Å². The van der Waals surface area contributed by atoms with Crippen LogP contribution in [0, 0.1) is 5.41 Å². The lowest BCUT2D eigenvalue weighted by Crippen LogP contribution is -2.24. The largest absolute Gasteiger partial charge is 0.490 e. The molecule has 29 heavy (non-hydrogen) atoms. The van der Waals surface area contributed by atoms with Crippen molar-refractivity contribution in [3.8, 4) is 5.75 Å². The van der Waals surface area contributed by atoms with Gasteiger partial charge < -0.3 is 25.1 Å². The van der Waals surface area contributed by atoms with E-state index >= 15 is 0 Å². The fraction of sp³-hybridized carbons (Fsp3) is 0.318. The van der Waals surface area contributed by atoms with Crippen LogP contribution >= 0.6 is 0 Å². The van der Waals surface area contributed by atoms with E-state index in [1.807, 2.05) is 24.3 Å². The summed E-state index contributed by atoms with van der Waals surface area (Å²) in [6, 6.07) is 9.63.